The molecule has 0 aliphatic rings. The van der Waals surface area contributed by atoms with E-state index in [1.165, 1.54) is 0 Å². The minimum absolute atomic E-state index is 0. The average Bonchev–Trinajstić information content (AvgIpc) is 0.722. The molecule has 0 saturated carbocycles. The van der Waals surface area contributed by atoms with Crippen molar-refractivity contribution in [3.05, 3.63) is 0 Å². The van der Waals surface area contributed by atoms with Gasteiger partial charge in [-0.05, 0) is 0 Å². The van der Waals surface area contributed by atoms with Crippen LogP contribution in [-0.2, 0) is 4.57 Å². The third-order valence-electron chi connectivity index (χ3n) is 0. The summed E-state index contributed by atoms with van der Waals surface area (Å²) in [5, 5.41) is 0. The third-order valence-corrected chi connectivity index (χ3v) is 0. The topological polar surface area (TPSA) is 77.8 Å². The number of hydrogen-bond acceptors (Lipinski definition) is 1. The monoisotopic (exact) mass is 246 g/mol. The van der Waals surface area contributed by atoms with E-state index in [4.69, 9.17) is 19.2 Å². The number of halogens is 3. The second-order valence-electron chi connectivity index (χ2n) is 0.513. The van der Waals surface area contributed by atoms with Gasteiger partial charge in [0.25, 0.3) is 0 Å². The molecule has 0 atom stereocenters. The van der Waals surface area contributed by atoms with E-state index < -0.39 is 7.82 Å². The zero-order valence-electron chi connectivity index (χ0n) is 3.42. The summed E-state index contributed by atoms with van der Waals surface area (Å²) in [5.74, 6) is 0. The molecule has 0 radical (unpaired) electrons. The Hall–Kier alpha value is 2.62. The molecule has 0 heterocycles. The van der Waals surface area contributed by atoms with Gasteiger partial charge in [-0.15, -0.1) is 37.2 Å². The van der Waals surface area contributed by atoms with Crippen molar-refractivity contribution in [2.24, 2.45) is 0 Å². The van der Waals surface area contributed by atoms with E-state index >= 15 is 0 Å². The molecule has 0 aromatic rings. The van der Waals surface area contributed by atoms with Crippen LogP contribution >= 0.6 is 45.0 Å². The molecule has 0 spiro atoms. The maximum atomic E-state index is 8.88. The van der Waals surface area contributed by atoms with E-state index in [9.17, 15) is 0 Å². The Morgan fingerprint density at radius 1 is 0.889 bits per heavy atom. The van der Waals surface area contributed by atoms with Crippen molar-refractivity contribution in [3.63, 3.8) is 0 Å². The van der Waals surface area contributed by atoms with Gasteiger partial charge in [0.1, 0.15) is 0 Å². The van der Waals surface area contributed by atoms with Crippen molar-refractivity contribution >= 4 is 96.4 Å². The van der Waals surface area contributed by atoms with E-state index in [2.05, 4.69) is 0 Å². The van der Waals surface area contributed by atoms with Crippen LogP contribution in [0.5, 0.6) is 0 Å². The van der Waals surface area contributed by atoms with E-state index in [-0.39, 0.29) is 88.6 Å². The van der Waals surface area contributed by atoms with Crippen LogP contribution in [0.15, 0.2) is 0 Å². The average molecular weight is 247 g/mol. The molecule has 0 aromatic carbocycles. The Labute approximate surface area is 114 Å². The van der Waals surface area contributed by atoms with E-state index in [0.717, 1.165) is 0 Å². The van der Waals surface area contributed by atoms with Gasteiger partial charge in [0, 0.05) is 0 Å². The molecule has 0 rings (SSSR count). The predicted octanol–water partition coefficient (Wildman–Crippen LogP) is -0.312. The number of hydrogen-bond donors (Lipinski definition) is 3. The van der Waals surface area contributed by atoms with Gasteiger partial charge < -0.3 is 14.7 Å². The molecule has 0 aromatic heterocycles. The first-order valence-corrected chi connectivity index (χ1v) is 2.35. The van der Waals surface area contributed by atoms with Gasteiger partial charge in [-0.3, -0.25) is 0 Å². The Morgan fingerprint density at radius 3 is 0.889 bits per heavy atom. The molecule has 4 nitrogen and oxygen atoms in total. The second kappa shape index (κ2) is 13.2. The van der Waals surface area contributed by atoms with Crippen LogP contribution in [0, 0.1) is 0 Å². The molecule has 0 aliphatic heterocycles. The normalized spacial score (nSPS) is 6.56. The summed E-state index contributed by atoms with van der Waals surface area (Å²) in [7, 11) is -4.64. The molecule has 9 heavy (non-hydrogen) atoms. The predicted molar refractivity (Wildman–Crippen MR) is 43.2 cm³/mol. The summed E-state index contributed by atoms with van der Waals surface area (Å²) < 4.78 is 8.88. The summed E-state index contributed by atoms with van der Waals surface area (Å²) in [5.41, 5.74) is 0. The molecular formula is H7Cl3KO4P. The van der Waals surface area contributed by atoms with Gasteiger partial charge in [-0.1, -0.05) is 0 Å². The summed E-state index contributed by atoms with van der Waals surface area (Å²) in [6.07, 6.45) is 0. The first-order valence-electron chi connectivity index (χ1n) is 0.783. The van der Waals surface area contributed by atoms with Gasteiger partial charge >= 0.3 is 59.2 Å². The summed E-state index contributed by atoms with van der Waals surface area (Å²) >= 11 is 0. The van der Waals surface area contributed by atoms with Gasteiger partial charge in [0.2, 0.25) is 0 Å². The Morgan fingerprint density at radius 2 is 0.889 bits per heavy atom. The standard InChI is InChI=1S/3ClH.K.H3O4P.H/c;;;;1-5(2,3)4;/h3*1H;;(H3,1,2,3,4);. The Balaban J connectivity index is -0.0000000133. The van der Waals surface area contributed by atoms with E-state index in [1.807, 2.05) is 0 Å². The van der Waals surface area contributed by atoms with Crippen LogP contribution in [0.25, 0.3) is 0 Å². The number of rotatable bonds is 0. The first kappa shape index (κ1) is 29.9. The van der Waals surface area contributed by atoms with Crippen LogP contribution in [0.2, 0.25) is 0 Å². The Kier molecular flexibility index (Phi) is 43.9. The van der Waals surface area contributed by atoms with Crippen molar-refractivity contribution in [2.75, 3.05) is 0 Å². The van der Waals surface area contributed by atoms with Gasteiger partial charge in [-0.25, -0.2) is 4.57 Å². The second-order valence-corrected chi connectivity index (χ2v) is 1.54. The van der Waals surface area contributed by atoms with Gasteiger partial charge in [0.05, 0.1) is 0 Å². The van der Waals surface area contributed by atoms with Crippen molar-refractivity contribution in [1.29, 1.82) is 0 Å². The quantitative estimate of drug-likeness (QED) is 0.405. The molecule has 0 unspecified atom stereocenters. The van der Waals surface area contributed by atoms with E-state index in [0.29, 0.717) is 0 Å². The molecule has 0 bridgehead atoms. The molecule has 0 fully saturated rings. The molecule has 0 saturated heterocycles. The molecule has 58 valence electrons. The van der Waals surface area contributed by atoms with Gasteiger partial charge in [0.15, 0.2) is 0 Å². The van der Waals surface area contributed by atoms with Crippen molar-refractivity contribution in [2.45, 2.75) is 0 Å². The van der Waals surface area contributed by atoms with Crippen molar-refractivity contribution in [1.82, 2.24) is 0 Å². The molecule has 0 amide bonds. The van der Waals surface area contributed by atoms with E-state index in [1.54, 1.807) is 0 Å². The zero-order chi connectivity index (χ0) is 4.50. The summed E-state index contributed by atoms with van der Waals surface area (Å²) in [6, 6.07) is 0. The third kappa shape index (κ3) is 115. The fourth-order valence-electron chi connectivity index (χ4n) is 0. The molecule has 9 heteroatoms. The Bertz CT molecular complexity index is 61.9. The SMILES string of the molecule is Cl.Cl.Cl.O=P(O)(O)O.[KH]. The molecule has 0 aliphatic carbocycles. The first-order chi connectivity index (χ1) is 2.00. The maximum absolute atomic E-state index is 8.88. The van der Waals surface area contributed by atoms with Crippen LogP contribution in [-0.4, -0.2) is 66.1 Å². The fraction of sp³-hybridized carbons (Fsp3) is 0. The summed E-state index contributed by atoms with van der Waals surface area (Å²) in [6.45, 7) is 0. The van der Waals surface area contributed by atoms with Gasteiger partial charge in [-0.2, -0.15) is 0 Å². The molecular weight excluding hydrogens is 240 g/mol. The van der Waals surface area contributed by atoms with Crippen molar-refractivity contribution in [3.8, 4) is 0 Å². The summed E-state index contributed by atoms with van der Waals surface area (Å²) in [4.78, 5) is 21.6. The fourth-order valence-corrected chi connectivity index (χ4v) is 0. The number of phosphoric acid groups is 1. The molecule has 3 N–H and O–H groups in total. The minimum atomic E-state index is -4.64. The van der Waals surface area contributed by atoms with Crippen molar-refractivity contribution < 1.29 is 19.2 Å². The zero-order valence-corrected chi connectivity index (χ0v) is 6.77. The van der Waals surface area contributed by atoms with Crippen LogP contribution in [0.1, 0.15) is 0 Å². The van der Waals surface area contributed by atoms with Crippen LogP contribution in [0.3, 0.4) is 0 Å². The van der Waals surface area contributed by atoms with Crippen LogP contribution < -0.4 is 0 Å². The van der Waals surface area contributed by atoms with Crippen LogP contribution in [0.4, 0.5) is 0 Å².